The van der Waals surface area contributed by atoms with Gasteiger partial charge in [-0.05, 0) is 30.6 Å². The summed E-state index contributed by atoms with van der Waals surface area (Å²) in [5, 5.41) is 0.519. The lowest BCUT2D eigenvalue weighted by Crippen LogP contribution is -2.03. The molecule has 1 radical (unpaired) electrons. The molecule has 17 heavy (non-hydrogen) atoms. The van der Waals surface area contributed by atoms with Crippen molar-refractivity contribution in [1.82, 2.24) is 4.37 Å². The average molecular weight is 277 g/mol. The van der Waals surface area contributed by atoms with Crippen LogP contribution in [0, 0.1) is 6.92 Å². The lowest BCUT2D eigenvalue weighted by atomic mass is 10.1. The van der Waals surface area contributed by atoms with Crippen LogP contribution in [0.15, 0.2) is 24.3 Å². The Hall–Kier alpha value is -1.07. The molecule has 1 aromatic carbocycles. The summed E-state index contributed by atoms with van der Waals surface area (Å²) >= 11 is 6.11. The van der Waals surface area contributed by atoms with Gasteiger partial charge < -0.3 is 0 Å². The van der Waals surface area contributed by atoms with Crippen LogP contribution in [0.25, 0.3) is 11.3 Å². The second kappa shape index (κ2) is 4.31. The van der Waals surface area contributed by atoms with Crippen molar-refractivity contribution in [1.29, 1.82) is 0 Å². The van der Waals surface area contributed by atoms with E-state index in [1.165, 1.54) is 0 Å². The van der Waals surface area contributed by atoms with Gasteiger partial charge in [0.1, 0.15) is 4.88 Å². The summed E-state index contributed by atoms with van der Waals surface area (Å²) in [5.74, 6) is 0. The van der Waals surface area contributed by atoms with Gasteiger partial charge in [0.25, 0.3) is 0 Å². The first kappa shape index (κ1) is 12.4. The Balaban J connectivity index is 2.48. The summed E-state index contributed by atoms with van der Waals surface area (Å²) in [7, 11) is 0. The number of alkyl halides is 3. The third-order valence-corrected chi connectivity index (χ3v) is 3.35. The van der Waals surface area contributed by atoms with Crippen molar-refractivity contribution in [2.75, 3.05) is 0 Å². The van der Waals surface area contributed by atoms with Gasteiger partial charge in [-0.15, -0.1) is 0 Å². The van der Waals surface area contributed by atoms with Crippen LogP contribution in [-0.4, -0.2) is 4.37 Å². The number of nitrogens with zero attached hydrogens (tertiary/aromatic N) is 1. The standard InChI is InChI=1S/C11H6ClF3NS/c1-6-9(7-2-4-8(12)5-3-7)16-17-10(6)11(13,14)15/h2-5H,1H2. The van der Waals surface area contributed by atoms with Crippen molar-refractivity contribution in [3.63, 3.8) is 0 Å². The first-order chi connectivity index (χ1) is 7.89. The third-order valence-electron chi connectivity index (χ3n) is 2.16. The summed E-state index contributed by atoms with van der Waals surface area (Å²) in [5.41, 5.74) is 0.731. The zero-order valence-corrected chi connectivity index (χ0v) is 9.96. The monoisotopic (exact) mass is 276 g/mol. The van der Waals surface area contributed by atoms with Crippen molar-refractivity contribution in [3.05, 3.63) is 46.7 Å². The predicted octanol–water partition coefficient (Wildman–Crippen LogP) is 4.66. The lowest BCUT2D eigenvalue weighted by molar-refractivity contribution is -0.134. The van der Waals surface area contributed by atoms with E-state index in [0.717, 1.165) is 0 Å². The highest BCUT2D eigenvalue weighted by molar-refractivity contribution is 7.06. The van der Waals surface area contributed by atoms with Crippen molar-refractivity contribution in [2.24, 2.45) is 0 Å². The largest absolute Gasteiger partial charge is 0.427 e. The Morgan fingerprint density at radius 1 is 1.18 bits per heavy atom. The molecule has 1 nitrogen and oxygen atoms in total. The molecule has 0 spiro atoms. The van der Waals surface area contributed by atoms with Crippen LogP contribution in [0.4, 0.5) is 13.2 Å². The van der Waals surface area contributed by atoms with Crippen LogP contribution < -0.4 is 0 Å². The minimum absolute atomic E-state index is 0.0928. The fourth-order valence-corrected chi connectivity index (χ4v) is 2.20. The van der Waals surface area contributed by atoms with E-state index < -0.39 is 11.1 Å². The highest BCUT2D eigenvalue weighted by atomic mass is 35.5. The van der Waals surface area contributed by atoms with Gasteiger partial charge in [0.05, 0.1) is 5.69 Å². The number of halogens is 4. The molecule has 0 aliphatic carbocycles. The Bertz CT molecular complexity index is 531. The molecule has 0 bridgehead atoms. The topological polar surface area (TPSA) is 12.9 Å². The van der Waals surface area contributed by atoms with Crippen LogP contribution in [0.3, 0.4) is 0 Å². The highest BCUT2D eigenvalue weighted by Crippen LogP contribution is 2.39. The van der Waals surface area contributed by atoms with Crippen molar-refractivity contribution < 1.29 is 13.2 Å². The summed E-state index contributed by atoms with van der Waals surface area (Å²) < 4.78 is 41.5. The van der Waals surface area contributed by atoms with Gasteiger partial charge in [-0.25, -0.2) is 0 Å². The summed E-state index contributed by atoms with van der Waals surface area (Å²) in [6.07, 6.45) is -4.40. The molecule has 1 aromatic heterocycles. The minimum Gasteiger partial charge on any atom is -0.192 e. The number of aromatic nitrogens is 1. The Labute approximate surface area is 105 Å². The van der Waals surface area contributed by atoms with E-state index in [0.29, 0.717) is 22.1 Å². The molecule has 2 rings (SSSR count). The summed E-state index contributed by atoms with van der Waals surface area (Å²) in [6, 6.07) is 6.43. The Kier molecular flexibility index (Phi) is 3.14. The summed E-state index contributed by atoms with van der Waals surface area (Å²) in [6.45, 7) is 3.44. The zero-order chi connectivity index (χ0) is 12.6. The van der Waals surface area contributed by atoms with E-state index in [-0.39, 0.29) is 11.3 Å². The van der Waals surface area contributed by atoms with Crippen LogP contribution in [0.2, 0.25) is 5.02 Å². The Morgan fingerprint density at radius 3 is 2.24 bits per heavy atom. The molecule has 0 aliphatic heterocycles. The van der Waals surface area contributed by atoms with Crippen molar-refractivity contribution in [2.45, 2.75) is 6.18 Å². The maximum Gasteiger partial charge on any atom is 0.427 e. The van der Waals surface area contributed by atoms with Gasteiger partial charge in [0.2, 0.25) is 0 Å². The molecule has 0 amide bonds. The molecule has 2 aromatic rings. The third kappa shape index (κ3) is 2.45. The van der Waals surface area contributed by atoms with Crippen LogP contribution in [0.5, 0.6) is 0 Å². The second-order valence-corrected chi connectivity index (χ2v) is 4.55. The van der Waals surface area contributed by atoms with Gasteiger partial charge in [-0.2, -0.15) is 17.5 Å². The molecule has 0 saturated carbocycles. The van der Waals surface area contributed by atoms with E-state index in [2.05, 4.69) is 11.3 Å². The highest BCUT2D eigenvalue weighted by Gasteiger charge is 2.36. The van der Waals surface area contributed by atoms with Crippen molar-refractivity contribution in [3.8, 4) is 11.3 Å². The fraction of sp³-hybridized carbons (Fsp3) is 0.0909. The minimum atomic E-state index is -4.40. The van der Waals surface area contributed by atoms with Gasteiger partial charge in [0, 0.05) is 16.1 Å². The SMILES string of the molecule is [CH2]c1c(-c2ccc(Cl)cc2)nsc1C(F)(F)F. The molecule has 0 atom stereocenters. The number of hydrogen-bond donors (Lipinski definition) is 0. The van der Waals surface area contributed by atoms with Crippen LogP contribution in [-0.2, 0) is 6.18 Å². The summed E-state index contributed by atoms with van der Waals surface area (Å²) in [4.78, 5) is -0.762. The van der Waals surface area contributed by atoms with Crippen LogP contribution >= 0.6 is 23.1 Å². The second-order valence-electron chi connectivity index (χ2n) is 3.34. The average Bonchev–Trinajstić information content (AvgIpc) is 2.61. The molecular weight excluding hydrogens is 271 g/mol. The van der Waals surface area contributed by atoms with E-state index in [4.69, 9.17) is 11.6 Å². The normalized spacial score (nSPS) is 11.8. The van der Waals surface area contributed by atoms with Gasteiger partial charge in [-0.3, -0.25) is 0 Å². The van der Waals surface area contributed by atoms with Gasteiger partial charge in [-0.1, -0.05) is 23.7 Å². The molecule has 89 valence electrons. The van der Waals surface area contributed by atoms with E-state index in [9.17, 15) is 13.2 Å². The lowest BCUT2D eigenvalue weighted by Gasteiger charge is -2.04. The molecule has 0 aliphatic rings. The Morgan fingerprint density at radius 2 is 1.76 bits per heavy atom. The number of benzene rings is 1. The van der Waals surface area contributed by atoms with E-state index in [1.54, 1.807) is 24.3 Å². The molecule has 0 fully saturated rings. The first-order valence-corrected chi connectivity index (χ1v) is 5.69. The predicted molar refractivity (Wildman–Crippen MR) is 62.0 cm³/mol. The quantitative estimate of drug-likeness (QED) is 0.738. The van der Waals surface area contributed by atoms with E-state index >= 15 is 0 Å². The smallest absolute Gasteiger partial charge is 0.192 e. The van der Waals surface area contributed by atoms with Gasteiger partial charge in [0.15, 0.2) is 0 Å². The first-order valence-electron chi connectivity index (χ1n) is 4.54. The molecule has 0 saturated heterocycles. The van der Waals surface area contributed by atoms with Crippen LogP contribution in [0.1, 0.15) is 10.4 Å². The molecular formula is C11H6ClF3NS. The maximum atomic E-state index is 12.6. The molecule has 6 heteroatoms. The zero-order valence-electron chi connectivity index (χ0n) is 8.38. The maximum absolute atomic E-state index is 12.6. The van der Waals surface area contributed by atoms with Crippen molar-refractivity contribution >= 4 is 23.1 Å². The fourth-order valence-electron chi connectivity index (χ4n) is 1.37. The molecule has 0 N–H and O–H groups in total. The number of hydrogen-bond acceptors (Lipinski definition) is 2. The number of rotatable bonds is 1. The van der Waals surface area contributed by atoms with Gasteiger partial charge >= 0.3 is 6.18 Å². The molecule has 0 unspecified atom stereocenters. The van der Waals surface area contributed by atoms with E-state index in [1.807, 2.05) is 0 Å². The molecule has 1 heterocycles.